The van der Waals surface area contributed by atoms with Crippen LogP contribution >= 0.6 is 11.6 Å². The first-order chi connectivity index (χ1) is 11.2. The molecular weight excluding hydrogens is 314 g/mol. The Kier molecular flexibility index (Phi) is 4.16. The number of nitrogens with zero attached hydrogens (tertiary/aromatic N) is 1. The van der Waals surface area contributed by atoms with Crippen LogP contribution < -0.4 is 9.47 Å². The maximum atomic E-state index is 6.45. The van der Waals surface area contributed by atoms with E-state index >= 15 is 0 Å². The van der Waals surface area contributed by atoms with Gasteiger partial charge in [-0.25, -0.2) is 0 Å². The van der Waals surface area contributed by atoms with Crippen LogP contribution in [0, 0.1) is 5.41 Å². The van der Waals surface area contributed by atoms with E-state index in [2.05, 4.69) is 4.90 Å². The molecular formula is C18H24ClNO3. The molecule has 0 N–H and O–H groups in total. The number of hydrogen-bond acceptors (Lipinski definition) is 4. The van der Waals surface area contributed by atoms with Gasteiger partial charge in [0.15, 0.2) is 11.5 Å². The van der Waals surface area contributed by atoms with E-state index in [4.69, 9.17) is 25.8 Å². The number of piperidine rings is 1. The van der Waals surface area contributed by atoms with Gasteiger partial charge in [-0.2, -0.15) is 0 Å². The van der Waals surface area contributed by atoms with Crippen LogP contribution in [-0.2, 0) is 11.3 Å². The highest BCUT2D eigenvalue weighted by Crippen LogP contribution is 2.47. The highest BCUT2D eigenvalue weighted by atomic mass is 35.5. The number of benzene rings is 1. The lowest BCUT2D eigenvalue weighted by molar-refractivity contribution is -0.0366. The van der Waals surface area contributed by atoms with Crippen molar-refractivity contribution in [3.63, 3.8) is 0 Å². The average Bonchev–Trinajstić information content (AvgIpc) is 3.14. The van der Waals surface area contributed by atoms with Crippen LogP contribution in [0.15, 0.2) is 12.1 Å². The van der Waals surface area contributed by atoms with Crippen molar-refractivity contribution in [2.75, 3.05) is 27.0 Å². The summed E-state index contributed by atoms with van der Waals surface area (Å²) in [6.45, 7) is 3.39. The normalized spacial score (nSPS) is 30.3. The summed E-state index contributed by atoms with van der Waals surface area (Å²) in [6, 6.07) is 3.92. The second-order valence-electron chi connectivity index (χ2n) is 7.09. The Morgan fingerprint density at radius 3 is 2.87 bits per heavy atom. The molecule has 0 aromatic heterocycles. The topological polar surface area (TPSA) is 30.9 Å². The number of hydrogen-bond donors (Lipinski definition) is 0. The Hall–Kier alpha value is -0.970. The Bertz CT molecular complexity index is 594. The summed E-state index contributed by atoms with van der Waals surface area (Å²) in [5.41, 5.74) is 1.47. The molecule has 126 valence electrons. The zero-order chi connectivity index (χ0) is 15.9. The van der Waals surface area contributed by atoms with Crippen molar-refractivity contribution in [1.29, 1.82) is 0 Å². The molecule has 0 bridgehead atoms. The Balaban J connectivity index is 1.51. The van der Waals surface area contributed by atoms with Gasteiger partial charge < -0.3 is 14.2 Å². The second kappa shape index (κ2) is 6.15. The molecule has 1 saturated heterocycles. The molecule has 5 heteroatoms. The van der Waals surface area contributed by atoms with Crippen LogP contribution in [0.4, 0.5) is 0 Å². The number of methoxy groups -OCH3 is 1. The van der Waals surface area contributed by atoms with Crippen molar-refractivity contribution < 1.29 is 14.2 Å². The highest BCUT2D eigenvalue weighted by molar-refractivity contribution is 6.31. The molecule has 0 unspecified atom stereocenters. The molecule has 2 heterocycles. The van der Waals surface area contributed by atoms with Gasteiger partial charge in [0.25, 0.3) is 0 Å². The van der Waals surface area contributed by atoms with Crippen molar-refractivity contribution in [2.45, 2.75) is 44.8 Å². The first kappa shape index (κ1) is 15.6. The van der Waals surface area contributed by atoms with E-state index in [0.29, 0.717) is 11.5 Å². The summed E-state index contributed by atoms with van der Waals surface area (Å²) in [5.74, 6) is 1.57. The van der Waals surface area contributed by atoms with Gasteiger partial charge in [-0.1, -0.05) is 18.0 Å². The summed E-state index contributed by atoms with van der Waals surface area (Å²) in [4.78, 5) is 2.53. The van der Waals surface area contributed by atoms with Gasteiger partial charge in [0.05, 0.1) is 6.10 Å². The smallest absolute Gasteiger partial charge is 0.231 e. The number of fused-ring (bicyclic) bond motifs is 1. The molecule has 4 nitrogen and oxygen atoms in total. The molecule has 23 heavy (non-hydrogen) atoms. The van der Waals surface area contributed by atoms with Crippen LogP contribution in [0.2, 0.25) is 5.02 Å². The zero-order valence-electron chi connectivity index (χ0n) is 13.6. The van der Waals surface area contributed by atoms with Gasteiger partial charge in [0.2, 0.25) is 6.79 Å². The fourth-order valence-electron chi connectivity index (χ4n) is 4.66. The highest BCUT2D eigenvalue weighted by Gasteiger charge is 2.45. The number of halogens is 1. The first-order valence-electron chi connectivity index (χ1n) is 8.53. The summed E-state index contributed by atoms with van der Waals surface area (Å²) in [5, 5.41) is 0.767. The van der Waals surface area contributed by atoms with Gasteiger partial charge in [0, 0.05) is 36.7 Å². The molecule has 4 rings (SSSR count). The molecule has 1 spiro atoms. The van der Waals surface area contributed by atoms with Gasteiger partial charge in [-0.15, -0.1) is 0 Å². The van der Waals surface area contributed by atoms with Crippen LogP contribution in [0.3, 0.4) is 0 Å². The Labute approximate surface area is 142 Å². The molecule has 3 aliphatic rings. The molecule has 1 aliphatic carbocycles. The van der Waals surface area contributed by atoms with Crippen LogP contribution in [-0.4, -0.2) is 38.0 Å². The van der Waals surface area contributed by atoms with Crippen molar-refractivity contribution in [3.8, 4) is 11.5 Å². The quantitative estimate of drug-likeness (QED) is 0.838. The standard InChI is InChI=1S/C18H24ClNO3/c1-21-17-4-2-5-18(17)6-3-7-20(11-18)10-13-8-15-16(9-14(13)19)23-12-22-15/h8-9,17H,2-7,10-12H2,1H3/t17-,18+/m1/s1. The second-order valence-corrected chi connectivity index (χ2v) is 7.50. The number of rotatable bonds is 3. The van der Waals surface area contributed by atoms with E-state index in [0.717, 1.165) is 41.7 Å². The molecule has 1 aromatic carbocycles. The summed E-state index contributed by atoms with van der Waals surface area (Å²) in [7, 11) is 1.87. The molecule has 0 amide bonds. The number of ether oxygens (including phenoxy) is 3. The van der Waals surface area contributed by atoms with E-state index in [1.54, 1.807) is 0 Å². The lowest BCUT2D eigenvalue weighted by Gasteiger charge is -2.43. The van der Waals surface area contributed by atoms with E-state index in [9.17, 15) is 0 Å². The average molecular weight is 338 g/mol. The Morgan fingerprint density at radius 2 is 2.04 bits per heavy atom. The van der Waals surface area contributed by atoms with E-state index in [1.807, 2.05) is 19.2 Å². The molecule has 2 fully saturated rings. The summed E-state index contributed by atoms with van der Waals surface area (Å²) >= 11 is 6.45. The van der Waals surface area contributed by atoms with E-state index in [-0.39, 0.29) is 6.79 Å². The van der Waals surface area contributed by atoms with E-state index in [1.165, 1.54) is 32.1 Å². The van der Waals surface area contributed by atoms with Crippen molar-refractivity contribution in [2.24, 2.45) is 5.41 Å². The van der Waals surface area contributed by atoms with Gasteiger partial charge in [-0.05, 0) is 43.9 Å². The van der Waals surface area contributed by atoms with Crippen molar-refractivity contribution in [1.82, 2.24) is 4.90 Å². The number of likely N-dealkylation sites (tertiary alicyclic amines) is 1. The van der Waals surface area contributed by atoms with E-state index < -0.39 is 0 Å². The van der Waals surface area contributed by atoms with Crippen molar-refractivity contribution in [3.05, 3.63) is 22.7 Å². The van der Waals surface area contributed by atoms with Gasteiger partial charge >= 0.3 is 0 Å². The van der Waals surface area contributed by atoms with Crippen molar-refractivity contribution >= 4 is 11.6 Å². The largest absolute Gasteiger partial charge is 0.454 e. The monoisotopic (exact) mass is 337 g/mol. The third-order valence-electron chi connectivity index (χ3n) is 5.73. The minimum absolute atomic E-state index is 0.289. The third-order valence-corrected chi connectivity index (χ3v) is 6.08. The molecule has 1 aromatic rings. The maximum absolute atomic E-state index is 6.45. The third kappa shape index (κ3) is 2.81. The minimum Gasteiger partial charge on any atom is -0.454 e. The Morgan fingerprint density at radius 1 is 1.26 bits per heavy atom. The fraction of sp³-hybridized carbons (Fsp3) is 0.667. The summed E-state index contributed by atoms with van der Waals surface area (Å²) < 4.78 is 16.7. The molecule has 0 radical (unpaired) electrons. The lowest BCUT2D eigenvalue weighted by Crippen LogP contribution is -2.47. The first-order valence-corrected chi connectivity index (χ1v) is 8.91. The van der Waals surface area contributed by atoms with Crippen LogP contribution in [0.25, 0.3) is 0 Å². The molecule has 2 aliphatic heterocycles. The van der Waals surface area contributed by atoms with Crippen LogP contribution in [0.5, 0.6) is 11.5 Å². The fourth-order valence-corrected chi connectivity index (χ4v) is 4.87. The molecule has 2 atom stereocenters. The minimum atomic E-state index is 0.289. The van der Waals surface area contributed by atoms with Crippen LogP contribution in [0.1, 0.15) is 37.7 Å². The lowest BCUT2D eigenvalue weighted by atomic mass is 9.76. The summed E-state index contributed by atoms with van der Waals surface area (Å²) in [6.07, 6.45) is 6.72. The predicted octanol–water partition coefficient (Wildman–Crippen LogP) is 3.85. The predicted molar refractivity (Wildman–Crippen MR) is 89.2 cm³/mol. The van der Waals surface area contributed by atoms with Gasteiger partial charge in [-0.3, -0.25) is 4.90 Å². The maximum Gasteiger partial charge on any atom is 0.231 e. The molecule has 1 saturated carbocycles. The van der Waals surface area contributed by atoms with Gasteiger partial charge in [0.1, 0.15) is 0 Å². The zero-order valence-corrected chi connectivity index (χ0v) is 14.4. The SMILES string of the molecule is CO[C@@H]1CCC[C@@]12CCCN(Cc1cc3c(cc1Cl)OCO3)C2.